The van der Waals surface area contributed by atoms with Crippen LogP contribution in [-0.4, -0.2) is 11.9 Å². The molecular weight excluding hydrogens is 204 g/mol. The molecule has 0 bridgehead atoms. The maximum atomic E-state index is 9.82. The second-order valence-electron chi connectivity index (χ2n) is 3.72. The average molecular weight is 215 g/mol. The van der Waals surface area contributed by atoms with E-state index in [1.807, 2.05) is 0 Å². The van der Waals surface area contributed by atoms with Crippen molar-refractivity contribution in [1.82, 2.24) is 0 Å². The Balaban J connectivity index is 2.56. The van der Waals surface area contributed by atoms with E-state index in [1.165, 1.54) is 0 Å². The maximum Gasteiger partial charge on any atom is 0.231 e. The third-order valence-electron chi connectivity index (χ3n) is 2.14. The predicted molar refractivity (Wildman–Crippen MR) is 52.8 cm³/mol. The molecule has 0 radical (unpaired) electrons. The Bertz CT molecular complexity index is 368. The summed E-state index contributed by atoms with van der Waals surface area (Å²) < 4.78 is 10.4. The van der Waals surface area contributed by atoms with Crippen molar-refractivity contribution in [3.63, 3.8) is 0 Å². The number of halogens is 1. The van der Waals surface area contributed by atoms with Gasteiger partial charge in [-0.05, 0) is 19.9 Å². The lowest BCUT2D eigenvalue weighted by molar-refractivity contribution is 0.0784. The first-order valence-electron chi connectivity index (χ1n) is 4.31. The highest BCUT2D eigenvalue weighted by atomic mass is 35.5. The summed E-state index contributed by atoms with van der Waals surface area (Å²) in [6.45, 7) is 3.54. The fourth-order valence-corrected chi connectivity index (χ4v) is 1.85. The van der Waals surface area contributed by atoms with E-state index in [0.29, 0.717) is 22.1 Å². The van der Waals surface area contributed by atoms with Gasteiger partial charge in [-0.15, -0.1) is 0 Å². The third kappa shape index (κ3) is 1.42. The van der Waals surface area contributed by atoms with E-state index >= 15 is 0 Å². The molecule has 0 amide bonds. The van der Waals surface area contributed by atoms with E-state index in [2.05, 4.69) is 0 Å². The summed E-state index contributed by atoms with van der Waals surface area (Å²) in [7, 11) is 0. The molecule has 1 aromatic rings. The summed E-state index contributed by atoms with van der Waals surface area (Å²) in [5, 5.41) is 10.2. The minimum Gasteiger partial charge on any atom is -0.454 e. The zero-order chi connectivity index (χ0) is 10.3. The maximum absolute atomic E-state index is 9.82. The molecular formula is C10H11ClO3. The van der Waals surface area contributed by atoms with Crippen molar-refractivity contribution in [2.45, 2.75) is 19.4 Å². The van der Waals surface area contributed by atoms with Gasteiger partial charge in [-0.1, -0.05) is 17.7 Å². The van der Waals surface area contributed by atoms with Crippen molar-refractivity contribution in [3.05, 3.63) is 22.7 Å². The van der Waals surface area contributed by atoms with Crippen LogP contribution in [-0.2, 0) is 5.60 Å². The monoisotopic (exact) mass is 214 g/mol. The zero-order valence-electron chi connectivity index (χ0n) is 8.00. The lowest BCUT2D eigenvalue weighted by Gasteiger charge is -2.19. The molecule has 14 heavy (non-hydrogen) atoms. The number of benzene rings is 1. The lowest BCUT2D eigenvalue weighted by Crippen LogP contribution is -2.16. The summed E-state index contributed by atoms with van der Waals surface area (Å²) in [4.78, 5) is 0. The van der Waals surface area contributed by atoms with E-state index in [9.17, 15) is 5.11 Å². The Morgan fingerprint density at radius 2 is 2.07 bits per heavy atom. The van der Waals surface area contributed by atoms with Crippen LogP contribution in [0.3, 0.4) is 0 Å². The van der Waals surface area contributed by atoms with Gasteiger partial charge in [0.2, 0.25) is 6.79 Å². The standard InChI is InChI=1S/C10H11ClO3/c1-10(2,12)6-3-4-7-9(8(6)11)14-5-13-7/h3-4,12H,5H2,1-2H3. The van der Waals surface area contributed by atoms with Crippen LogP contribution in [0.25, 0.3) is 0 Å². The van der Waals surface area contributed by atoms with Crippen LogP contribution in [0, 0.1) is 0 Å². The van der Waals surface area contributed by atoms with Gasteiger partial charge in [-0.3, -0.25) is 0 Å². The second kappa shape index (κ2) is 3.04. The summed E-state index contributed by atoms with van der Waals surface area (Å²) in [6, 6.07) is 3.50. The molecule has 0 unspecified atom stereocenters. The lowest BCUT2D eigenvalue weighted by atomic mass is 9.98. The minimum absolute atomic E-state index is 0.185. The van der Waals surface area contributed by atoms with Gasteiger partial charge in [0.15, 0.2) is 11.5 Å². The molecule has 4 heteroatoms. The fourth-order valence-electron chi connectivity index (χ4n) is 1.41. The highest BCUT2D eigenvalue weighted by Gasteiger charge is 2.26. The van der Waals surface area contributed by atoms with Gasteiger partial charge < -0.3 is 14.6 Å². The molecule has 0 aliphatic carbocycles. The number of ether oxygens (including phenoxy) is 2. The van der Waals surface area contributed by atoms with E-state index in [4.69, 9.17) is 21.1 Å². The molecule has 0 aromatic heterocycles. The Labute approximate surface area is 87.2 Å². The Kier molecular flexibility index (Phi) is 2.09. The number of fused-ring (bicyclic) bond motifs is 1. The van der Waals surface area contributed by atoms with Crippen molar-refractivity contribution in [2.75, 3.05) is 6.79 Å². The third-order valence-corrected chi connectivity index (χ3v) is 2.51. The number of aliphatic hydroxyl groups is 1. The number of hydrogen-bond donors (Lipinski definition) is 1. The normalized spacial score (nSPS) is 14.6. The van der Waals surface area contributed by atoms with Crippen LogP contribution >= 0.6 is 11.6 Å². The van der Waals surface area contributed by atoms with Crippen molar-refractivity contribution >= 4 is 11.6 Å². The Morgan fingerprint density at radius 1 is 1.36 bits per heavy atom. The summed E-state index contributed by atoms with van der Waals surface area (Å²) >= 11 is 6.07. The number of rotatable bonds is 1. The van der Waals surface area contributed by atoms with Gasteiger partial charge in [0.1, 0.15) is 0 Å². The van der Waals surface area contributed by atoms with Crippen LogP contribution in [0.5, 0.6) is 11.5 Å². The molecule has 3 nitrogen and oxygen atoms in total. The van der Waals surface area contributed by atoms with Gasteiger partial charge in [0.25, 0.3) is 0 Å². The van der Waals surface area contributed by atoms with Gasteiger partial charge in [-0.2, -0.15) is 0 Å². The summed E-state index contributed by atoms with van der Waals surface area (Å²) in [5.74, 6) is 1.15. The van der Waals surface area contributed by atoms with Crippen LogP contribution in [0.1, 0.15) is 19.4 Å². The molecule has 0 spiro atoms. The van der Waals surface area contributed by atoms with Gasteiger partial charge in [0.05, 0.1) is 10.6 Å². The molecule has 0 saturated heterocycles. The first-order chi connectivity index (χ1) is 6.50. The highest BCUT2D eigenvalue weighted by Crippen LogP contribution is 2.43. The van der Waals surface area contributed by atoms with Crippen molar-refractivity contribution < 1.29 is 14.6 Å². The van der Waals surface area contributed by atoms with Gasteiger partial charge >= 0.3 is 0 Å². The van der Waals surface area contributed by atoms with Crippen LogP contribution < -0.4 is 9.47 Å². The topological polar surface area (TPSA) is 38.7 Å². The first-order valence-corrected chi connectivity index (χ1v) is 4.69. The minimum atomic E-state index is -0.974. The van der Waals surface area contributed by atoms with Crippen LogP contribution in [0.4, 0.5) is 0 Å². The largest absolute Gasteiger partial charge is 0.454 e. The zero-order valence-corrected chi connectivity index (χ0v) is 8.76. The molecule has 0 fully saturated rings. The molecule has 0 saturated carbocycles. The van der Waals surface area contributed by atoms with Crippen molar-refractivity contribution in [2.24, 2.45) is 0 Å². The van der Waals surface area contributed by atoms with Gasteiger partial charge in [-0.25, -0.2) is 0 Å². The quantitative estimate of drug-likeness (QED) is 0.780. The Hall–Kier alpha value is -0.930. The van der Waals surface area contributed by atoms with Crippen LogP contribution in [0.2, 0.25) is 5.02 Å². The SMILES string of the molecule is CC(C)(O)c1ccc2c(c1Cl)OCO2. The smallest absolute Gasteiger partial charge is 0.231 e. The fraction of sp³-hybridized carbons (Fsp3) is 0.400. The van der Waals surface area contributed by atoms with E-state index in [-0.39, 0.29) is 6.79 Å². The first kappa shape index (κ1) is 9.62. The molecule has 0 atom stereocenters. The predicted octanol–water partition coefficient (Wildman–Crippen LogP) is 2.30. The van der Waals surface area contributed by atoms with Gasteiger partial charge in [0, 0.05) is 5.56 Å². The summed E-state index contributed by atoms with van der Waals surface area (Å²) in [6.07, 6.45) is 0. The average Bonchev–Trinajstić information content (AvgIpc) is 2.50. The molecule has 1 heterocycles. The molecule has 2 rings (SSSR count). The Morgan fingerprint density at radius 3 is 2.71 bits per heavy atom. The molecule has 1 N–H and O–H groups in total. The molecule has 76 valence electrons. The molecule has 1 aromatic carbocycles. The summed E-state index contributed by atoms with van der Waals surface area (Å²) in [5.41, 5.74) is -0.332. The van der Waals surface area contributed by atoms with E-state index < -0.39 is 5.60 Å². The molecule has 1 aliphatic rings. The number of hydrogen-bond acceptors (Lipinski definition) is 3. The van der Waals surface area contributed by atoms with E-state index in [1.54, 1.807) is 26.0 Å². The second-order valence-corrected chi connectivity index (χ2v) is 4.10. The highest BCUT2D eigenvalue weighted by molar-refractivity contribution is 6.33. The van der Waals surface area contributed by atoms with Crippen molar-refractivity contribution in [3.8, 4) is 11.5 Å². The van der Waals surface area contributed by atoms with E-state index in [0.717, 1.165) is 0 Å². The molecule has 1 aliphatic heterocycles. The van der Waals surface area contributed by atoms with Crippen molar-refractivity contribution in [1.29, 1.82) is 0 Å². The van der Waals surface area contributed by atoms with Crippen LogP contribution in [0.15, 0.2) is 12.1 Å².